The van der Waals surface area contributed by atoms with Crippen molar-refractivity contribution < 1.29 is 14.3 Å². The van der Waals surface area contributed by atoms with Gasteiger partial charge in [-0.3, -0.25) is 4.79 Å². The van der Waals surface area contributed by atoms with Crippen LogP contribution in [0.25, 0.3) is 0 Å². The van der Waals surface area contributed by atoms with Crippen LogP contribution in [-0.2, 0) is 6.42 Å². The Morgan fingerprint density at radius 2 is 2.04 bits per heavy atom. The molecule has 4 heteroatoms. The number of rotatable bonds is 4. The molecule has 0 radical (unpaired) electrons. The van der Waals surface area contributed by atoms with Crippen molar-refractivity contribution in [3.8, 4) is 11.5 Å². The molecule has 1 heterocycles. The highest BCUT2D eigenvalue weighted by Gasteiger charge is 2.22. The van der Waals surface area contributed by atoms with Gasteiger partial charge in [-0.05, 0) is 39.0 Å². The number of ether oxygens (including phenoxy) is 2. The Bertz CT molecular complexity index is 722. The Balaban J connectivity index is 1.88. The van der Waals surface area contributed by atoms with Crippen LogP contribution in [0.15, 0.2) is 36.4 Å². The fraction of sp³-hybridized carbons (Fsp3) is 0.316. The van der Waals surface area contributed by atoms with Crippen LogP contribution in [0.5, 0.6) is 11.5 Å². The van der Waals surface area contributed by atoms with Gasteiger partial charge in [-0.2, -0.15) is 0 Å². The standard InChI is InChI=1S/C19H21NO3/c1-4-22-18-10-15-9-13(3)23-17(15)11-16(18)20-19(21)14-7-5-12(2)6-8-14/h5-8,10-11,13H,4,9H2,1-3H3,(H,20,21)/t13-/m1/s1. The van der Waals surface area contributed by atoms with Gasteiger partial charge in [0.25, 0.3) is 5.91 Å². The number of nitrogens with one attached hydrogen (secondary N) is 1. The highest BCUT2D eigenvalue weighted by atomic mass is 16.5. The van der Waals surface area contributed by atoms with Gasteiger partial charge in [0, 0.05) is 23.6 Å². The Morgan fingerprint density at radius 3 is 2.74 bits per heavy atom. The van der Waals surface area contributed by atoms with E-state index in [2.05, 4.69) is 5.32 Å². The molecule has 3 rings (SSSR count). The van der Waals surface area contributed by atoms with Gasteiger partial charge in [0.1, 0.15) is 17.6 Å². The minimum absolute atomic E-state index is 0.155. The predicted octanol–water partition coefficient (Wildman–Crippen LogP) is 3.97. The van der Waals surface area contributed by atoms with Crippen LogP contribution in [0.2, 0.25) is 0 Å². The van der Waals surface area contributed by atoms with E-state index in [4.69, 9.17) is 9.47 Å². The molecule has 0 saturated heterocycles. The van der Waals surface area contributed by atoms with E-state index < -0.39 is 0 Å². The lowest BCUT2D eigenvalue weighted by atomic mass is 10.1. The first kappa shape index (κ1) is 15.4. The van der Waals surface area contributed by atoms with Crippen molar-refractivity contribution in [2.75, 3.05) is 11.9 Å². The molecule has 1 aliphatic heterocycles. The number of fused-ring (bicyclic) bond motifs is 1. The lowest BCUT2D eigenvalue weighted by Crippen LogP contribution is -2.13. The monoisotopic (exact) mass is 311 g/mol. The van der Waals surface area contributed by atoms with Gasteiger partial charge < -0.3 is 14.8 Å². The van der Waals surface area contributed by atoms with Gasteiger partial charge >= 0.3 is 0 Å². The van der Waals surface area contributed by atoms with E-state index in [1.54, 1.807) is 0 Å². The molecule has 1 N–H and O–H groups in total. The normalized spacial score (nSPS) is 15.7. The van der Waals surface area contributed by atoms with E-state index in [9.17, 15) is 4.79 Å². The van der Waals surface area contributed by atoms with Crippen LogP contribution in [0, 0.1) is 6.92 Å². The maximum absolute atomic E-state index is 12.4. The molecule has 0 unspecified atom stereocenters. The minimum Gasteiger partial charge on any atom is -0.492 e. The predicted molar refractivity (Wildman–Crippen MR) is 90.5 cm³/mol. The highest BCUT2D eigenvalue weighted by molar-refractivity contribution is 6.05. The lowest BCUT2D eigenvalue weighted by molar-refractivity contribution is 0.102. The summed E-state index contributed by atoms with van der Waals surface area (Å²) in [6.45, 7) is 6.50. The molecule has 2 aromatic carbocycles. The average Bonchev–Trinajstić information content (AvgIpc) is 2.87. The molecular weight excluding hydrogens is 290 g/mol. The van der Waals surface area contributed by atoms with E-state index in [1.165, 1.54) is 0 Å². The Hall–Kier alpha value is -2.49. The molecule has 0 saturated carbocycles. The number of carbonyl (C=O) groups is 1. The number of amides is 1. The van der Waals surface area contributed by atoms with Crippen molar-refractivity contribution in [2.45, 2.75) is 33.3 Å². The van der Waals surface area contributed by atoms with E-state index >= 15 is 0 Å². The van der Waals surface area contributed by atoms with Crippen LogP contribution in [0.1, 0.15) is 35.3 Å². The fourth-order valence-corrected chi connectivity index (χ4v) is 2.71. The molecule has 1 atom stereocenters. The van der Waals surface area contributed by atoms with Crippen LogP contribution in [-0.4, -0.2) is 18.6 Å². The first-order chi connectivity index (χ1) is 11.1. The van der Waals surface area contributed by atoms with Crippen molar-refractivity contribution in [1.29, 1.82) is 0 Å². The summed E-state index contributed by atoms with van der Waals surface area (Å²) in [5, 5.41) is 2.93. The molecule has 0 fully saturated rings. The quantitative estimate of drug-likeness (QED) is 0.929. The summed E-state index contributed by atoms with van der Waals surface area (Å²) in [6.07, 6.45) is 1.02. The summed E-state index contributed by atoms with van der Waals surface area (Å²) < 4.78 is 11.5. The van der Waals surface area contributed by atoms with Crippen LogP contribution in [0.4, 0.5) is 5.69 Å². The van der Waals surface area contributed by atoms with Crippen molar-refractivity contribution in [3.05, 3.63) is 53.1 Å². The first-order valence-corrected chi connectivity index (χ1v) is 7.91. The molecule has 1 amide bonds. The van der Waals surface area contributed by atoms with E-state index in [-0.39, 0.29) is 12.0 Å². The number of hydrogen-bond acceptors (Lipinski definition) is 3. The second kappa shape index (κ2) is 6.32. The SMILES string of the molecule is CCOc1cc2c(cc1NC(=O)c1ccc(C)cc1)O[C@H](C)C2. The second-order valence-corrected chi connectivity index (χ2v) is 5.84. The molecule has 4 nitrogen and oxygen atoms in total. The molecule has 0 bridgehead atoms. The summed E-state index contributed by atoms with van der Waals surface area (Å²) >= 11 is 0. The van der Waals surface area contributed by atoms with Crippen LogP contribution >= 0.6 is 0 Å². The summed E-state index contributed by atoms with van der Waals surface area (Å²) in [6, 6.07) is 11.3. The third kappa shape index (κ3) is 3.31. The lowest BCUT2D eigenvalue weighted by Gasteiger charge is -2.13. The smallest absolute Gasteiger partial charge is 0.255 e. The number of anilines is 1. The molecular formula is C19H21NO3. The van der Waals surface area contributed by atoms with Crippen molar-refractivity contribution in [3.63, 3.8) is 0 Å². The number of hydrogen-bond donors (Lipinski definition) is 1. The van der Waals surface area contributed by atoms with Gasteiger partial charge in [-0.1, -0.05) is 17.7 Å². The Labute approximate surface area is 136 Å². The molecule has 120 valence electrons. The third-order valence-corrected chi connectivity index (χ3v) is 3.86. The Kier molecular flexibility index (Phi) is 4.24. The fourth-order valence-electron chi connectivity index (χ4n) is 2.71. The molecule has 0 aromatic heterocycles. The van der Waals surface area contributed by atoms with Gasteiger partial charge in [-0.15, -0.1) is 0 Å². The average molecular weight is 311 g/mol. The topological polar surface area (TPSA) is 47.6 Å². The minimum atomic E-state index is -0.156. The number of aryl methyl sites for hydroxylation is 1. The third-order valence-electron chi connectivity index (χ3n) is 3.86. The molecule has 0 aliphatic carbocycles. The van der Waals surface area contributed by atoms with E-state index in [1.807, 2.05) is 57.2 Å². The maximum Gasteiger partial charge on any atom is 0.255 e. The van der Waals surface area contributed by atoms with E-state index in [0.29, 0.717) is 23.6 Å². The zero-order valence-electron chi connectivity index (χ0n) is 13.7. The Morgan fingerprint density at radius 1 is 1.30 bits per heavy atom. The van der Waals surface area contributed by atoms with Crippen LogP contribution in [0.3, 0.4) is 0 Å². The van der Waals surface area contributed by atoms with Gasteiger partial charge in [0.15, 0.2) is 0 Å². The zero-order chi connectivity index (χ0) is 16.4. The second-order valence-electron chi connectivity index (χ2n) is 5.84. The van der Waals surface area contributed by atoms with Crippen molar-refractivity contribution in [1.82, 2.24) is 0 Å². The largest absolute Gasteiger partial charge is 0.492 e. The van der Waals surface area contributed by atoms with Crippen molar-refractivity contribution >= 4 is 11.6 Å². The van der Waals surface area contributed by atoms with Crippen molar-refractivity contribution in [2.24, 2.45) is 0 Å². The van der Waals surface area contributed by atoms with Crippen LogP contribution < -0.4 is 14.8 Å². The summed E-state index contributed by atoms with van der Waals surface area (Å²) in [5.41, 5.74) is 3.50. The molecule has 2 aromatic rings. The molecule has 0 spiro atoms. The zero-order valence-corrected chi connectivity index (χ0v) is 13.7. The van der Waals surface area contributed by atoms with Gasteiger partial charge in [0.2, 0.25) is 0 Å². The summed E-state index contributed by atoms with van der Waals surface area (Å²) in [5.74, 6) is 1.35. The van der Waals surface area contributed by atoms with Gasteiger partial charge in [-0.25, -0.2) is 0 Å². The molecule has 1 aliphatic rings. The maximum atomic E-state index is 12.4. The van der Waals surface area contributed by atoms with E-state index in [0.717, 1.165) is 23.3 Å². The summed E-state index contributed by atoms with van der Waals surface area (Å²) in [4.78, 5) is 12.4. The number of benzene rings is 2. The molecule has 23 heavy (non-hydrogen) atoms. The first-order valence-electron chi connectivity index (χ1n) is 7.91. The summed E-state index contributed by atoms with van der Waals surface area (Å²) in [7, 11) is 0. The number of carbonyl (C=O) groups excluding carboxylic acids is 1. The highest BCUT2D eigenvalue weighted by Crippen LogP contribution is 2.38. The van der Waals surface area contributed by atoms with Gasteiger partial charge in [0.05, 0.1) is 12.3 Å².